The normalized spacial score (nSPS) is 11.6. The van der Waals surface area contributed by atoms with Gasteiger partial charge in [0.25, 0.3) is 0 Å². The van der Waals surface area contributed by atoms with Crippen molar-refractivity contribution < 1.29 is 8.42 Å². The lowest BCUT2D eigenvalue weighted by Gasteiger charge is -2.14. The summed E-state index contributed by atoms with van der Waals surface area (Å²) in [6, 6.07) is 5.46. The molecule has 0 aliphatic heterocycles. The minimum Gasteiger partial charge on any atom is -0.388 e. The lowest BCUT2D eigenvalue weighted by molar-refractivity contribution is 0.560. The highest BCUT2D eigenvalue weighted by Crippen LogP contribution is 2.24. The standard InChI is InChI=1S/C14H20N4O2S/c1-11-9-13(15-3)10-12(2)14(11)21(19,20)17-6-8-18-7-4-5-16-18/h4-5,7,9-10,15,17H,6,8H2,1-3H3. The van der Waals surface area contributed by atoms with Crippen LogP contribution in [0.4, 0.5) is 5.69 Å². The maximum atomic E-state index is 12.4. The Bertz CT molecular complexity index is 686. The predicted molar refractivity (Wildman–Crippen MR) is 82.9 cm³/mol. The second kappa shape index (κ2) is 6.28. The fourth-order valence-electron chi connectivity index (χ4n) is 2.32. The van der Waals surface area contributed by atoms with Crippen molar-refractivity contribution in [1.29, 1.82) is 0 Å². The molecule has 0 aliphatic carbocycles. The molecule has 0 amide bonds. The number of anilines is 1. The van der Waals surface area contributed by atoms with Crippen LogP contribution < -0.4 is 10.0 Å². The fraction of sp³-hybridized carbons (Fsp3) is 0.357. The lowest BCUT2D eigenvalue weighted by Crippen LogP contribution is -2.28. The molecule has 114 valence electrons. The number of rotatable bonds is 6. The smallest absolute Gasteiger partial charge is 0.241 e. The summed E-state index contributed by atoms with van der Waals surface area (Å²) in [4.78, 5) is 0.349. The average Bonchev–Trinajstić information content (AvgIpc) is 2.90. The maximum absolute atomic E-state index is 12.4. The summed E-state index contributed by atoms with van der Waals surface area (Å²) >= 11 is 0. The number of sulfonamides is 1. The van der Waals surface area contributed by atoms with Crippen molar-refractivity contribution in [3.63, 3.8) is 0 Å². The van der Waals surface area contributed by atoms with Crippen LogP contribution in [0.3, 0.4) is 0 Å². The fourth-order valence-corrected chi connectivity index (χ4v) is 3.79. The van der Waals surface area contributed by atoms with E-state index in [1.807, 2.05) is 19.2 Å². The van der Waals surface area contributed by atoms with Crippen LogP contribution in [0.5, 0.6) is 0 Å². The van der Waals surface area contributed by atoms with E-state index in [-0.39, 0.29) is 0 Å². The van der Waals surface area contributed by atoms with E-state index in [0.29, 0.717) is 18.0 Å². The second-order valence-corrected chi connectivity index (χ2v) is 6.56. The minimum atomic E-state index is -3.52. The summed E-state index contributed by atoms with van der Waals surface area (Å²) in [6.07, 6.45) is 3.46. The van der Waals surface area contributed by atoms with Gasteiger partial charge in [-0.2, -0.15) is 5.10 Å². The third kappa shape index (κ3) is 3.62. The zero-order valence-corrected chi connectivity index (χ0v) is 13.2. The summed E-state index contributed by atoms with van der Waals surface area (Å²) in [7, 11) is -1.71. The van der Waals surface area contributed by atoms with Gasteiger partial charge in [-0.3, -0.25) is 4.68 Å². The van der Waals surface area contributed by atoms with Crippen LogP contribution >= 0.6 is 0 Å². The molecule has 1 heterocycles. The molecule has 2 N–H and O–H groups in total. The van der Waals surface area contributed by atoms with Crippen molar-refractivity contribution in [1.82, 2.24) is 14.5 Å². The quantitative estimate of drug-likeness (QED) is 0.848. The molecule has 0 radical (unpaired) electrons. The number of nitrogens with zero attached hydrogens (tertiary/aromatic N) is 2. The molecule has 2 aromatic rings. The van der Waals surface area contributed by atoms with Crippen molar-refractivity contribution in [2.24, 2.45) is 0 Å². The first-order valence-electron chi connectivity index (χ1n) is 6.70. The molecule has 21 heavy (non-hydrogen) atoms. The molecule has 0 unspecified atom stereocenters. The Morgan fingerprint density at radius 2 is 1.90 bits per heavy atom. The van der Waals surface area contributed by atoms with E-state index in [9.17, 15) is 8.42 Å². The van der Waals surface area contributed by atoms with E-state index in [4.69, 9.17) is 0 Å². The van der Waals surface area contributed by atoms with Gasteiger partial charge >= 0.3 is 0 Å². The first kappa shape index (κ1) is 15.5. The van der Waals surface area contributed by atoms with Gasteiger partial charge in [0.1, 0.15) is 0 Å². The van der Waals surface area contributed by atoms with Gasteiger partial charge in [0.05, 0.1) is 11.4 Å². The van der Waals surface area contributed by atoms with Crippen LogP contribution in [-0.2, 0) is 16.6 Å². The summed E-state index contributed by atoms with van der Waals surface area (Å²) in [5.74, 6) is 0. The highest BCUT2D eigenvalue weighted by atomic mass is 32.2. The number of aryl methyl sites for hydroxylation is 2. The van der Waals surface area contributed by atoms with E-state index >= 15 is 0 Å². The molecule has 0 bridgehead atoms. The molecule has 0 saturated carbocycles. The highest BCUT2D eigenvalue weighted by molar-refractivity contribution is 7.89. The van der Waals surface area contributed by atoms with Crippen molar-refractivity contribution in [3.05, 3.63) is 41.7 Å². The van der Waals surface area contributed by atoms with Crippen molar-refractivity contribution in [2.75, 3.05) is 18.9 Å². The summed E-state index contributed by atoms with van der Waals surface area (Å²) in [6.45, 7) is 4.40. The third-order valence-electron chi connectivity index (χ3n) is 3.21. The van der Waals surface area contributed by atoms with Gasteiger partial charge in [-0.1, -0.05) is 0 Å². The van der Waals surface area contributed by atoms with Crippen LogP contribution in [0.2, 0.25) is 0 Å². The van der Waals surface area contributed by atoms with Crippen molar-refractivity contribution in [2.45, 2.75) is 25.3 Å². The van der Waals surface area contributed by atoms with Gasteiger partial charge in [0.2, 0.25) is 10.0 Å². The van der Waals surface area contributed by atoms with Crippen LogP contribution in [-0.4, -0.2) is 31.8 Å². The summed E-state index contributed by atoms with van der Waals surface area (Å²) < 4.78 is 29.2. The molecule has 7 heteroatoms. The Morgan fingerprint density at radius 3 is 2.43 bits per heavy atom. The first-order valence-corrected chi connectivity index (χ1v) is 8.18. The Labute approximate surface area is 125 Å². The van der Waals surface area contributed by atoms with Crippen molar-refractivity contribution >= 4 is 15.7 Å². The van der Waals surface area contributed by atoms with E-state index in [1.165, 1.54) is 0 Å². The van der Waals surface area contributed by atoms with E-state index < -0.39 is 10.0 Å². The lowest BCUT2D eigenvalue weighted by atomic mass is 10.1. The monoisotopic (exact) mass is 308 g/mol. The zero-order chi connectivity index (χ0) is 15.5. The summed E-state index contributed by atoms with van der Waals surface area (Å²) in [5.41, 5.74) is 2.36. The molecule has 0 spiro atoms. The average molecular weight is 308 g/mol. The Morgan fingerprint density at radius 1 is 1.24 bits per heavy atom. The Hall–Kier alpha value is -1.86. The number of aromatic nitrogens is 2. The van der Waals surface area contributed by atoms with Crippen LogP contribution in [0.15, 0.2) is 35.5 Å². The largest absolute Gasteiger partial charge is 0.388 e. The molecule has 2 rings (SSSR count). The summed E-state index contributed by atoms with van der Waals surface area (Å²) in [5, 5.41) is 7.06. The topological polar surface area (TPSA) is 76.0 Å². The van der Waals surface area contributed by atoms with Gasteiger partial charge < -0.3 is 5.32 Å². The molecule has 0 aliphatic rings. The van der Waals surface area contributed by atoms with Gasteiger partial charge in [-0.25, -0.2) is 13.1 Å². The number of hydrogen-bond donors (Lipinski definition) is 2. The Balaban J connectivity index is 2.15. The zero-order valence-electron chi connectivity index (χ0n) is 12.4. The third-order valence-corrected chi connectivity index (χ3v) is 4.98. The molecular formula is C14H20N4O2S. The molecule has 0 fully saturated rings. The van der Waals surface area contributed by atoms with E-state index in [2.05, 4.69) is 15.1 Å². The van der Waals surface area contributed by atoms with Gasteiger partial charge in [-0.15, -0.1) is 0 Å². The SMILES string of the molecule is CNc1cc(C)c(S(=O)(=O)NCCn2cccn2)c(C)c1. The number of benzene rings is 1. The van der Waals surface area contributed by atoms with Crippen molar-refractivity contribution in [3.8, 4) is 0 Å². The van der Waals surface area contributed by atoms with E-state index in [1.54, 1.807) is 37.0 Å². The van der Waals surface area contributed by atoms with Crippen LogP contribution in [0.25, 0.3) is 0 Å². The first-order chi connectivity index (χ1) is 9.94. The number of nitrogens with one attached hydrogen (secondary N) is 2. The van der Waals surface area contributed by atoms with Crippen LogP contribution in [0.1, 0.15) is 11.1 Å². The number of hydrogen-bond acceptors (Lipinski definition) is 4. The molecule has 1 aromatic carbocycles. The molecular weight excluding hydrogens is 288 g/mol. The van der Waals surface area contributed by atoms with Gasteiger partial charge in [-0.05, 0) is 43.2 Å². The van der Waals surface area contributed by atoms with Crippen LogP contribution in [0, 0.1) is 13.8 Å². The minimum absolute atomic E-state index is 0.302. The molecule has 1 aromatic heterocycles. The Kier molecular flexibility index (Phi) is 4.64. The van der Waals surface area contributed by atoms with E-state index in [0.717, 1.165) is 16.8 Å². The molecule has 0 atom stereocenters. The van der Waals surface area contributed by atoms with Gasteiger partial charge in [0.15, 0.2) is 0 Å². The highest BCUT2D eigenvalue weighted by Gasteiger charge is 2.19. The predicted octanol–water partition coefficient (Wildman–Crippen LogP) is 1.52. The van der Waals surface area contributed by atoms with Gasteiger partial charge in [0, 0.05) is 31.7 Å². The maximum Gasteiger partial charge on any atom is 0.241 e. The second-order valence-electron chi connectivity index (χ2n) is 4.86. The molecule has 6 nitrogen and oxygen atoms in total. The molecule has 0 saturated heterocycles.